The lowest BCUT2D eigenvalue weighted by Gasteiger charge is -2.09. The highest BCUT2D eigenvalue weighted by Gasteiger charge is 2.02. The molecule has 0 amide bonds. The number of aryl methyl sites for hydroxylation is 2. The average molecular weight is 200 g/mol. The van der Waals surface area contributed by atoms with Gasteiger partial charge in [-0.15, -0.1) is 0 Å². The molecule has 15 heavy (non-hydrogen) atoms. The summed E-state index contributed by atoms with van der Waals surface area (Å²) in [6.07, 6.45) is 0. The van der Waals surface area contributed by atoms with E-state index in [0.717, 1.165) is 0 Å². The van der Waals surface area contributed by atoms with Gasteiger partial charge in [-0.05, 0) is 43.7 Å². The molecule has 2 heteroatoms. The van der Waals surface area contributed by atoms with Gasteiger partial charge in [0.1, 0.15) is 0 Å². The molecule has 0 atom stereocenters. The summed E-state index contributed by atoms with van der Waals surface area (Å²) < 4.78 is 2.24. The fourth-order valence-corrected chi connectivity index (χ4v) is 1.86. The molecule has 0 saturated carbocycles. The standard InChI is InChI=1S/C13H16N2/c1-10-3-4-11(2)15(10)13-7-5-12(9-14)6-8-13/h3-8H,9,14H2,1-2H3. The van der Waals surface area contributed by atoms with Gasteiger partial charge in [0.2, 0.25) is 0 Å². The lowest BCUT2D eigenvalue weighted by molar-refractivity contribution is 0.961. The number of nitrogens with two attached hydrogens (primary N) is 1. The molecule has 78 valence electrons. The Labute approximate surface area is 90.3 Å². The van der Waals surface area contributed by atoms with Gasteiger partial charge in [0, 0.05) is 23.6 Å². The van der Waals surface area contributed by atoms with Crippen molar-refractivity contribution in [2.24, 2.45) is 5.73 Å². The molecular weight excluding hydrogens is 184 g/mol. The maximum atomic E-state index is 5.57. The topological polar surface area (TPSA) is 30.9 Å². The summed E-state index contributed by atoms with van der Waals surface area (Å²) in [4.78, 5) is 0. The van der Waals surface area contributed by atoms with Crippen molar-refractivity contribution in [1.82, 2.24) is 4.57 Å². The Balaban J connectivity index is 2.45. The fourth-order valence-electron chi connectivity index (χ4n) is 1.86. The molecule has 2 rings (SSSR count). The molecule has 0 spiro atoms. The highest BCUT2D eigenvalue weighted by molar-refractivity contribution is 5.39. The zero-order valence-corrected chi connectivity index (χ0v) is 9.20. The van der Waals surface area contributed by atoms with Gasteiger partial charge in [-0.1, -0.05) is 12.1 Å². The molecule has 2 aromatic rings. The lowest BCUT2D eigenvalue weighted by Crippen LogP contribution is -2.00. The van der Waals surface area contributed by atoms with E-state index >= 15 is 0 Å². The predicted molar refractivity (Wildman–Crippen MR) is 63.1 cm³/mol. The molecule has 1 heterocycles. The third-order valence-electron chi connectivity index (χ3n) is 2.70. The van der Waals surface area contributed by atoms with Gasteiger partial charge in [-0.3, -0.25) is 0 Å². The van der Waals surface area contributed by atoms with Gasteiger partial charge in [0.15, 0.2) is 0 Å². The first-order chi connectivity index (χ1) is 7.22. The van der Waals surface area contributed by atoms with E-state index in [0.29, 0.717) is 6.54 Å². The zero-order valence-electron chi connectivity index (χ0n) is 9.20. The Morgan fingerprint density at radius 2 is 1.47 bits per heavy atom. The van der Waals surface area contributed by atoms with E-state index in [1.165, 1.54) is 22.6 Å². The van der Waals surface area contributed by atoms with Crippen LogP contribution in [-0.4, -0.2) is 4.57 Å². The van der Waals surface area contributed by atoms with Crippen LogP contribution in [0.2, 0.25) is 0 Å². The van der Waals surface area contributed by atoms with Gasteiger partial charge >= 0.3 is 0 Å². The van der Waals surface area contributed by atoms with E-state index in [4.69, 9.17) is 5.73 Å². The molecule has 0 radical (unpaired) electrons. The minimum absolute atomic E-state index is 0.601. The molecular formula is C13H16N2. The summed E-state index contributed by atoms with van der Waals surface area (Å²) in [5.74, 6) is 0. The molecule has 1 aromatic heterocycles. The molecule has 2 nitrogen and oxygen atoms in total. The number of nitrogens with zero attached hydrogens (tertiary/aromatic N) is 1. The highest BCUT2D eigenvalue weighted by Crippen LogP contribution is 2.16. The molecule has 1 aromatic carbocycles. The summed E-state index contributed by atoms with van der Waals surface area (Å²) in [7, 11) is 0. The Kier molecular flexibility index (Phi) is 2.60. The van der Waals surface area contributed by atoms with E-state index in [-0.39, 0.29) is 0 Å². The van der Waals surface area contributed by atoms with Crippen molar-refractivity contribution < 1.29 is 0 Å². The van der Waals surface area contributed by atoms with E-state index < -0.39 is 0 Å². The van der Waals surface area contributed by atoms with Crippen LogP contribution < -0.4 is 5.73 Å². The third kappa shape index (κ3) is 1.81. The van der Waals surface area contributed by atoms with Gasteiger partial charge < -0.3 is 10.3 Å². The van der Waals surface area contributed by atoms with E-state index in [1.54, 1.807) is 0 Å². The number of aromatic nitrogens is 1. The molecule has 0 fully saturated rings. The zero-order chi connectivity index (χ0) is 10.8. The van der Waals surface area contributed by atoms with Gasteiger partial charge in [0.05, 0.1) is 0 Å². The average Bonchev–Trinajstić information content (AvgIpc) is 2.59. The molecule has 0 aliphatic rings. The van der Waals surface area contributed by atoms with Crippen molar-refractivity contribution >= 4 is 0 Å². The van der Waals surface area contributed by atoms with Crippen molar-refractivity contribution in [3.63, 3.8) is 0 Å². The first-order valence-corrected chi connectivity index (χ1v) is 5.16. The Hall–Kier alpha value is -1.54. The van der Waals surface area contributed by atoms with Gasteiger partial charge in [-0.25, -0.2) is 0 Å². The van der Waals surface area contributed by atoms with Gasteiger partial charge in [0.25, 0.3) is 0 Å². The molecule has 2 N–H and O–H groups in total. The number of rotatable bonds is 2. The largest absolute Gasteiger partial charge is 0.326 e. The number of hydrogen-bond donors (Lipinski definition) is 1. The number of hydrogen-bond acceptors (Lipinski definition) is 1. The van der Waals surface area contributed by atoms with Crippen molar-refractivity contribution in [3.8, 4) is 5.69 Å². The highest BCUT2D eigenvalue weighted by atomic mass is 15.0. The van der Waals surface area contributed by atoms with E-state index in [9.17, 15) is 0 Å². The van der Waals surface area contributed by atoms with E-state index in [2.05, 4.69) is 54.8 Å². The van der Waals surface area contributed by atoms with E-state index in [1.807, 2.05) is 0 Å². The predicted octanol–water partition coefficient (Wildman–Crippen LogP) is 2.55. The molecule has 0 unspecified atom stereocenters. The lowest BCUT2D eigenvalue weighted by atomic mass is 10.2. The normalized spacial score (nSPS) is 10.6. The fraction of sp³-hybridized carbons (Fsp3) is 0.231. The van der Waals surface area contributed by atoms with Crippen molar-refractivity contribution in [2.45, 2.75) is 20.4 Å². The summed E-state index contributed by atoms with van der Waals surface area (Å²) in [5, 5.41) is 0. The van der Waals surface area contributed by atoms with Crippen LogP contribution in [0.1, 0.15) is 17.0 Å². The second-order valence-corrected chi connectivity index (χ2v) is 3.82. The Bertz CT molecular complexity index is 432. The van der Waals surface area contributed by atoms with Crippen molar-refractivity contribution in [2.75, 3.05) is 0 Å². The maximum absolute atomic E-state index is 5.57. The van der Waals surface area contributed by atoms with Crippen LogP contribution in [0.5, 0.6) is 0 Å². The Morgan fingerprint density at radius 3 is 1.93 bits per heavy atom. The molecule has 0 saturated heterocycles. The molecule has 0 bridgehead atoms. The SMILES string of the molecule is Cc1ccc(C)n1-c1ccc(CN)cc1. The van der Waals surface area contributed by atoms with Crippen LogP contribution in [0.15, 0.2) is 36.4 Å². The van der Waals surface area contributed by atoms with Crippen molar-refractivity contribution in [1.29, 1.82) is 0 Å². The minimum Gasteiger partial charge on any atom is -0.326 e. The first kappa shape index (κ1) is 9.99. The van der Waals surface area contributed by atoms with Crippen LogP contribution in [0.3, 0.4) is 0 Å². The summed E-state index contributed by atoms with van der Waals surface area (Å²) in [5.41, 5.74) is 10.5. The summed E-state index contributed by atoms with van der Waals surface area (Å²) in [6.45, 7) is 4.83. The summed E-state index contributed by atoms with van der Waals surface area (Å²) in [6, 6.07) is 12.6. The minimum atomic E-state index is 0.601. The van der Waals surface area contributed by atoms with Crippen LogP contribution in [-0.2, 0) is 6.54 Å². The van der Waals surface area contributed by atoms with Crippen LogP contribution in [0.4, 0.5) is 0 Å². The smallest absolute Gasteiger partial charge is 0.0455 e. The third-order valence-corrected chi connectivity index (χ3v) is 2.70. The second-order valence-electron chi connectivity index (χ2n) is 3.82. The van der Waals surface area contributed by atoms with Gasteiger partial charge in [-0.2, -0.15) is 0 Å². The second kappa shape index (κ2) is 3.91. The number of benzene rings is 1. The quantitative estimate of drug-likeness (QED) is 0.793. The van der Waals surface area contributed by atoms with Crippen molar-refractivity contribution in [3.05, 3.63) is 53.3 Å². The maximum Gasteiger partial charge on any atom is 0.0455 e. The molecule has 0 aliphatic heterocycles. The monoisotopic (exact) mass is 200 g/mol. The first-order valence-electron chi connectivity index (χ1n) is 5.16. The van der Waals surface area contributed by atoms with Crippen LogP contribution >= 0.6 is 0 Å². The Morgan fingerprint density at radius 1 is 0.933 bits per heavy atom. The van der Waals surface area contributed by atoms with Crippen LogP contribution in [0, 0.1) is 13.8 Å². The summed E-state index contributed by atoms with van der Waals surface area (Å²) >= 11 is 0. The molecule has 0 aliphatic carbocycles. The van der Waals surface area contributed by atoms with Crippen LogP contribution in [0.25, 0.3) is 5.69 Å².